The number of aromatic nitrogens is 3. The van der Waals surface area contributed by atoms with E-state index in [4.69, 9.17) is 21.6 Å². The molecule has 176 valence electrons. The standard InChI is InChI=1S/C24H25ClN6O2S/c1-26-34(33)19-7-5-17(6-8-19)28-24-29-22-21(23(30-24)31-11-9-18(32)10-12-31)20(14-27-22)15-3-2-4-16(25)13-15/h2-8,13-14,18,26,32H,9-12H2,1H3,(H2,27,28,29,30). The van der Waals surface area contributed by atoms with Gasteiger partial charge in [0.2, 0.25) is 5.95 Å². The molecule has 1 aliphatic rings. The molecule has 1 unspecified atom stereocenters. The summed E-state index contributed by atoms with van der Waals surface area (Å²) in [5.41, 5.74) is 3.46. The van der Waals surface area contributed by atoms with Crippen molar-refractivity contribution in [3.63, 3.8) is 0 Å². The first-order chi connectivity index (χ1) is 16.5. The molecule has 10 heteroatoms. The largest absolute Gasteiger partial charge is 0.393 e. The van der Waals surface area contributed by atoms with Crippen LogP contribution in [-0.4, -0.2) is 50.5 Å². The number of anilines is 3. The Morgan fingerprint density at radius 1 is 1.15 bits per heavy atom. The monoisotopic (exact) mass is 496 g/mol. The van der Waals surface area contributed by atoms with Crippen molar-refractivity contribution in [2.75, 3.05) is 30.4 Å². The second-order valence-corrected chi connectivity index (χ2v) is 10.0. The van der Waals surface area contributed by atoms with Gasteiger partial charge in [-0.2, -0.15) is 9.97 Å². The van der Waals surface area contributed by atoms with Crippen LogP contribution in [0.3, 0.4) is 0 Å². The van der Waals surface area contributed by atoms with Crippen molar-refractivity contribution in [1.82, 2.24) is 19.7 Å². The Hall–Kier alpha value is -2.98. The van der Waals surface area contributed by atoms with Gasteiger partial charge in [-0.3, -0.25) is 0 Å². The van der Waals surface area contributed by atoms with Crippen molar-refractivity contribution in [1.29, 1.82) is 0 Å². The third-order valence-electron chi connectivity index (χ3n) is 5.92. The molecule has 4 aromatic rings. The van der Waals surface area contributed by atoms with Crippen molar-refractivity contribution in [3.8, 4) is 11.1 Å². The highest BCUT2D eigenvalue weighted by atomic mass is 35.5. The molecule has 3 heterocycles. The highest BCUT2D eigenvalue weighted by Crippen LogP contribution is 2.37. The van der Waals surface area contributed by atoms with Gasteiger partial charge in [-0.1, -0.05) is 23.7 Å². The number of aliphatic hydroxyl groups is 1. The third-order valence-corrected chi connectivity index (χ3v) is 7.23. The molecule has 1 atom stereocenters. The second kappa shape index (κ2) is 9.71. The third kappa shape index (κ3) is 4.65. The van der Waals surface area contributed by atoms with Gasteiger partial charge in [0.15, 0.2) is 0 Å². The van der Waals surface area contributed by atoms with E-state index in [0.717, 1.165) is 28.0 Å². The van der Waals surface area contributed by atoms with E-state index in [0.29, 0.717) is 47.4 Å². The van der Waals surface area contributed by atoms with Gasteiger partial charge in [0.05, 0.1) is 16.4 Å². The normalized spacial score (nSPS) is 15.6. The zero-order valence-electron chi connectivity index (χ0n) is 18.6. The summed E-state index contributed by atoms with van der Waals surface area (Å²) in [6.45, 7) is 1.41. The zero-order valence-corrected chi connectivity index (χ0v) is 20.2. The van der Waals surface area contributed by atoms with Gasteiger partial charge in [0, 0.05) is 35.6 Å². The first-order valence-electron chi connectivity index (χ1n) is 11.1. The van der Waals surface area contributed by atoms with Crippen molar-refractivity contribution < 1.29 is 9.32 Å². The number of benzene rings is 2. The van der Waals surface area contributed by atoms with Crippen LogP contribution in [0, 0.1) is 0 Å². The maximum Gasteiger partial charge on any atom is 0.231 e. The van der Waals surface area contributed by atoms with E-state index in [9.17, 15) is 9.32 Å². The van der Waals surface area contributed by atoms with Crippen molar-refractivity contribution in [3.05, 3.63) is 59.8 Å². The predicted molar refractivity (Wildman–Crippen MR) is 137 cm³/mol. The SMILES string of the molecule is CNS(=O)c1ccc(Nc2nc(N3CCC(O)CC3)c3c(-c4cccc(Cl)c4)c[nH]c3n2)cc1. The molecule has 0 amide bonds. The molecule has 34 heavy (non-hydrogen) atoms. The van der Waals surface area contributed by atoms with Crippen LogP contribution in [0.4, 0.5) is 17.5 Å². The quantitative estimate of drug-likeness (QED) is 0.318. The fourth-order valence-electron chi connectivity index (χ4n) is 4.17. The van der Waals surface area contributed by atoms with Gasteiger partial charge in [-0.05, 0) is 61.9 Å². The van der Waals surface area contributed by atoms with E-state index in [-0.39, 0.29) is 6.10 Å². The Balaban J connectivity index is 1.56. The molecule has 5 rings (SSSR count). The van der Waals surface area contributed by atoms with Gasteiger partial charge in [0.25, 0.3) is 0 Å². The molecule has 0 bridgehead atoms. The van der Waals surface area contributed by atoms with E-state index in [1.807, 2.05) is 42.6 Å². The van der Waals surface area contributed by atoms with E-state index in [1.54, 1.807) is 19.2 Å². The second-order valence-electron chi connectivity index (χ2n) is 8.15. The van der Waals surface area contributed by atoms with E-state index >= 15 is 0 Å². The first-order valence-corrected chi connectivity index (χ1v) is 12.6. The molecule has 2 aromatic carbocycles. The lowest BCUT2D eigenvalue weighted by molar-refractivity contribution is 0.145. The maximum absolute atomic E-state index is 11.9. The summed E-state index contributed by atoms with van der Waals surface area (Å²) in [5, 5.41) is 14.9. The van der Waals surface area contributed by atoms with Gasteiger partial charge >= 0.3 is 0 Å². The Bertz CT molecular complexity index is 1340. The number of hydrogen-bond donors (Lipinski definition) is 4. The minimum absolute atomic E-state index is 0.286. The number of nitrogens with one attached hydrogen (secondary N) is 3. The Morgan fingerprint density at radius 3 is 2.62 bits per heavy atom. The molecule has 4 N–H and O–H groups in total. The van der Waals surface area contributed by atoms with Crippen LogP contribution in [0.25, 0.3) is 22.2 Å². The fraction of sp³-hybridized carbons (Fsp3) is 0.250. The molecule has 8 nitrogen and oxygen atoms in total. The Labute approximate surface area is 205 Å². The lowest BCUT2D eigenvalue weighted by Gasteiger charge is -2.31. The highest BCUT2D eigenvalue weighted by molar-refractivity contribution is 7.83. The number of piperidine rings is 1. The van der Waals surface area contributed by atoms with Crippen LogP contribution >= 0.6 is 11.6 Å². The number of H-pyrrole nitrogens is 1. The molecule has 0 saturated carbocycles. The number of nitrogens with zero attached hydrogens (tertiary/aromatic N) is 3. The van der Waals surface area contributed by atoms with Crippen LogP contribution in [0.15, 0.2) is 59.6 Å². The number of rotatable bonds is 6. The average molecular weight is 497 g/mol. The number of fused-ring (bicyclic) bond motifs is 1. The minimum Gasteiger partial charge on any atom is -0.393 e. The van der Waals surface area contributed by atoms with Crippen LogP contribution in [0.5, 0.6) is 0 Å². The Morgan fingerprint density at radius 2 is 1.91 bits per heavy atom. The molecular formula is C24H25ClN6O2S. The summed E-state index contributed by atoms with van der Waals surface area (Å²) in [6.07, 6.45) is 3.02. The zero-order chi connectivity index (χ0) is 23.7. The van der Waals surface area contributed by atoms with Crippen molar-refractivity contribution in [2.45, 2.75) is 23.8 Å². The topological polar surface area (TPSA) is 106 Å². The van der Waals surface area contributed by atoms with Crippen molar-refractivity contribution >= 4 is 51.1 Å². The van der Waals surface area contributed by atoms with Crippen LogP contribution in [0.2, 0.25) is 5.02 Å². The lowest BCUT2D eigenvalue weighted by Crippen LogP contribution is -2.36. The molecular weight excluding hydrogens is 472 g/mol. The number of hydrogen-bond acceptors (Lipinski definition) is 6. The van der Waals surface area contributed by atoms with Gasteiger partial charge in [-0.25, -0.2) is 8.93 Å². The number of halogens is 1. The average Bonchev–Trinajstić information content (AvgIpc) is 3.28. The summed E-state index contributed by atoms with van der Waals surface area (Å²) in [4.78, 5) is 15.8. The van der Waals surface area contributed by atoms with Crippen LogP contribution < -0.4 is 14.9 Å². The molecule has 1 saturated heterocycles. The minimum atomic E-state index is -1.24. The van der Waals surface area contributed by atoms with Gasteiger partial charge in [-0.15, -0.1) is 0 Å². The smallest absolute Gasteiger partial charge is 0.231 e. The molecule has 1 fully saturated rings. The first kappa shape index (κ1) is 22.8. The maximum atomic E-state index is 11.9. The van der Waals surface area contributed by atoms with Crippen LogP contribution in [0.1, 0.15) is 12.8 Å². The number of aliphatic hydroxyl groups excluding tert-OH is 1. The molecule has 2 aromatic heterocycles. The Kier molecular flexibility index (Phi) is 6.51. The van der Waals surface area contributed by atoms with E-state index < -0.39 is 11.0 Å². The van der Waals surface area contributed by atoms with E-state index in [2.05, 4.69) is 19.9 Å². The molecule has 0 spiro atoms. The van der Waals surface area contributed by atoms with Crippen LogP contribution in [-0.2, 0) is 11.0 Å². The molecule has 0 aliphatic carbocycles. The van der Waals surface area contributed by atoms with E-state index in [1.165, 1.54) is 0 Å². The lowest BCUT2D eigenvalue weighted by atomic mass is 10.0. The summed E-state index contributed by atoms with van der Waals surface area (Å²) < 4.78 is 14.7. The summed E-state index contributed by atoms with van der Waals surface area (Å²) in [6, 6.07) is 15.0. The summed E-state index contributed by atoms with van der Waals surface area (Å²) >= 11 is 6.26. The molecule has 0 radical (unpaired) electrons. The summed E-state index contributed by atoms with van der Waals surface area (Å²) in [5.74, 6) is 1.26. The predicted octanol–water partition coefficient (Wildman–Crippen LogP) is 4.23. The van der Waals surface area contributed by atoms with Gasteiger partial charge < -0.3 is 20.3 Å². The molecule has 1 aliphatic heterocycles. The number of aromatic amines is 1. The fourth-order valence-corrected chi connectivity index (χ4v) is 4.98. The highest BCUT2D eigenvalue weighted by Gasteiger charge is 2.24. The van der Waals surface area contributed by atoms with Gasteiger partial charge in [0.1, 0.15) is 22.5 Å². The summed E-state index contributed by atoms with van der Waals surface area (Å²) in [7, 11) is 0.412. The van der Waals surface area contributed by atoms with Crippen molar-refractivity contribution in [2.24, 2.45) is 0 Å².